The molecule has 0 radical (unpaired) electrons. The first-order chi connectivity index (χ1) is 9.10. The number of unbranched alkanes of at least 4 members (excludes halogenated alkanes) is 3. The molecule has 0 heterocycles. The third-order valence-corrected chi connectivity index (χ3v) is 2.94. The number of phenolic OH excluding ortho intramolecular Hbond substituents is 2. The van der Waals surface area contributed by atoms with Gasteiger partial charge in [-0.15, -0.1) is 0 Å². The van der Waals surface area contributed by atoms with Crippen molar-refractivity contribution < 1.29 is 20.1 Å². The molecule has 5 heteroatoms. The second kappa shape index (κ2) is 7.63. The Morgan fingerprint density at radius 3 is 2.47 bits per heavy atom. The number of nitrogens with zero attached hydrogens (tertiary/aromatic N) is 1. The van der Waals surface area contributed by atoms with E-state index in [2.05, 4.69) is 6.92 Å². The molecular formula is C14H21NO4. The minimum Gasteiger partial charge on any atom is -0.504 e. The average Bonchev–Trinajstić information content (AvgIpc) is 2.41. The van der Waals surface area contributed by atoms with Gasteiger partial charge in [-0.2, -0.15) is 0 Å². The van der Waals surface area contributed by atoms with Gasteiger partial charge in [0.15, 0.2) is 11.5 Å². The van der Waals surface area contributed by atoms with Crippen molar-refractivity contribution in [3.05, 3.63) is 18.2 Å². The maximum atomic E-state index is 11.7. The van der Waals surface area contributed by atoms with Gasteiger partial charge in [0.05, 0.1) is 0 Å². The van der Waals surface area contributed by atoms with Crippen LogP contribution in [0.5, 0.6) is 11.5 Å². The standard InChI is InChI=1S/C14H21NO4/c1-2-3-4-5-8-15(14(19)10-16)11-6-7-12(17)13(18)9-11/h6-7,9,16-18H,2-5,8,10H2,1H3. The molecule has 1 amide bonds. The Bertz CT molecular complexity index is 420. The highest BCUT2D eigenvalue weighted by molar-refractivity contribution is 5.94. The van der Waals surface area contributed by atoms with Crippen molar-refractivity contribution >= 4 is 11.6 Å². The molecule has 0 saturated heterocycles. The van der Waals surface area contributed by atoms with Crippen molar-refractivity contribution in [2.24, 2.45) is 0 Å². The molecule has 106 valence electrons. The predicted octanol–water partition coefficient (Wildman–Crippen LogP) is 2.00. The third kappa shape index (κ3) is 4.44. The Kier molecular flexibility index (Phi) is 6.15. The fourth-order valence-electron chi connectivity index (χ4n) is 1.86. The molecule has 1 rings (SSSR count). The van der Waals surface area contributed by atoms with E-state index in [4.69, 9.17) is 5.11 Å². The number of anilines is 1. The zero-order valence-corrected chi connectivity index (χ0v) is 11.2. The highest BCUT2D eigenvalue weighted by Gasteiger charge is 2.15. The lowest BCUT2D eigenvalue weighted by molar-refractivity contribution is -0.121. The first kappa shape index (κ1) is 15.3. The van der Waals surface area contributed by atoms with Crippen molar-refractivity contribution in [1.82, 2.24) is 0 Å². The maximum Gasteiger partial charge on any atom is 0.252 e. The second-order valence-corrected chi connectivity index (χ2v) is 4.44. The van der Waals surface area contributed by atoms with Gasteiger partial charge < -0.3 is 20.2 Å². The van der Waals surface area contributed by atoms with Crippen LogP contribution in [-0.2, 0) is 4.79 Å². The Balaban J connectivity index is 2.78. The Morgan fingerprint density at radius 1 is 1.16 bits per heavy atom. The molecule has 1 aromatic carbocycles. The van der Waals surface area contributed by atoms with E-state index in [1.165, 1.54) is 17.0 Å². The number of amides is 1. The van der Waals surface area contributed by atoms with Gasteiger partial charge in [0.1, 0.15) is 6.61 Å². The van der Waals surface area contributed by atoms with Crippen LogP contribution in [0.2, 0.25) is 0 Å². The van der Waals surface area contributed by atoms with E-state index in [-0.39, 0.29) is 11.5 Å². The summed E-state index contributed by atoms with van der Waals surface area (Å²) in [6.07, 6.45) is 4.05. The average molecular weight is 267 g/mol. The fourth-order valence-corrected chi connectivity index (χ4v) is 1.86. The smallest absolute Gasteiger partial charge is 0.252 e. The van der Waals surface area contributed by atoms with E-state index in [0.717, 1.165) is 25.7 Å². The highest BCUT2D eigenvalue weighted by atomic mass is 16.3. The molecule has 1 aromatic rings. The second-order valence-electron chi connectivity index (χ2n) is 4.44. The van der Waals surface area contributed by atoms with Crippen molar-refractivity contribution in [2.45, 2.75) is 32.6 Å². The quantitative estimate of drug-likeness (QED) is 0.521. The third-order valence-electron chi connectivity index (χ3n) is 2.94. The summed E-state index contributed by atoms with van der Waals surface area (Å²) >= 11 is 0. The topological polar surface area (TPSA) is 81.0 Å². The van der Waals surface area contributed by atoms with E-state index in [1.807, 2.05) is 0 Å². The van der Waals surface area contributed by atoms with Crippen molar-refractivity contribution in [2.75, 3.05) is 18.1 Å². The Labute approximate surface area is 113 Å². The first-order valence-corrected chi connectivity index (χ1v) is 6.53. The summed E-state index contributed by atoms with van der Waals surface area (Å²) in [7, 11) is 0. The van der Waals surface area contributed by atoms with Gasteiger partial charge in [-0.3, -0.25) is 4.79 Å². The van der Waals surface area contributed by atoms with E-state index in [0.29, 0.717) is 12.2 Å². The van der Waals surface area contributed by atoms with Crippen LogP contribution in [0.25, 0.3) is 0 Å². The highest BCUT2D eigenvalue weighted by Crippen LogP contribution is 2.29. The van der Waals surface area contributed by atoms with Crippen LogP contribution in [0.3, 0.4) is 0 Å². The van der Waals surface area contributed by atoms with E-state index >= 15 is 0 Å². The molecule has 3 N–H and O–H groups in total. The van der Waals surface area contributed by atoms with Crippen LogP contribution in [-0.4, -0.2) is 34.4 Å². The lowest BCUT2D eigenvalue weighted by atomic mass is 10.2. The van der Waals surface area contributed by atoms with Crippen LogP contribution < -0.4 is 4.90 Å². The number of aliphatic hydroxyl groups excluding tert-OH is 1. The SMILES string of the molecule is CCCCCCN(C(=O)CO)c1ccc(O)c(O)c1. The summed E-state index contributed by atoms with van der Waals surface area (Å²) in [5.41, 5.74) is 0.478. The number of aliphatic hydroxyl groups is 1. The monoisotopic (exact) mass is 267 g/mol. The largest absolute Gasteiger partial charge is 0.504 e. The number of hydrogen-bond donors (Lipinski definition) is 3. The van der Waals surface area contributed by atoms with E-state index in [9.17, 15) is 15.0 Å². The molecule has 0 atom stereocenters. The summed E-state index contributed by atoms with van der Waals surface area (Å²) in [4.78, 5) is 13.1. The van der Waals surface area contributed by atoms with Gasteiger partial charge >= 0.3 is 0 Å². The lowest BCUT2D eigenvalue weighted by Crippen LogP contribution is -2.34. The zero-order valence-electron chi connectivity index (χ0n) is 11.2. The molecule has 0 aromatic heterocycles. The molecule has 19 heavy (non-hydrogen) atoms. The summed E-state index contributed by atoms with van der Waals surface area (Å²) in [5, 5.41) is 27.7. The van der Waals surface area contributed by atoms with Crippen LogP contribution in [0, 0.1) is 0 Å². The van der Waals surface area contributed by atoms with Gasteiger partial charge in [-0.1, -0.05) is 26.2 Å². The van der Waals surface area contributed by atoms with Crippen LogP contribution in [0.1, 0.15) is 32.6 Å². The summed E-state index contributed by atoms with van der Waals surface area (Å²) in [6, 6.07) is 4.19. The van der Waals surface area contributed by atoms with Crippen molar-refractivity contribution in [3.8, 4) is 11.5 Å². The summed E-state index contributed by atoms with van der Waals surface area (Å²) in [5.74, 6) is -0.922. The number of carbonyl (C=O) groups is 1. The first-order valence-electron chi connectivity index (χ1n) is 6.53. The molecule has 0 aliphatic rings. The van der Waals surface area contributed by atoms with Gasteiger partial charge in [0.25, 0.3) is 5.91 Å². The number of hydrogen-bond acceptors (Lipinski definition) is 4. The number of rotatable bonds is 7. The number of aromatic hydroxyl groups is 2. The van der Waals surface area contributed by atoms with E-state index < -0.39 is 12.5 Å². The normalized spacial score (nSPS) is 10.4. The number of benzene rings is 1. The molecule has 0 saturated carbocycles. The molecule has 0 spiro atoms. The van der Waals surface area contributed by atoms with Crippen LogP contribution in [0.4, 0.5) is 5.69 Å². The van der Waals surface area contributed by atoms with E-state index in [1.54, 1.807) is 6.07 Å². The van der Waals surface area contributed by atoms with Crippen molar-refractivity contribution in [1.29, 1.82) is 0 Å². The summed E-state index contributed by atoms with van der Waals surface area (Å²) < 4.78 is 0. The number of carbonyl (C=O) groups excluding carboxylic acids is 1. The van der Waals surface area contributed by atoms with Gasteiger partial charge in [-0.05, 0) is 18.6 Å². The molecule has 5 nitrogen and oxygen atoms in total. The lowest BCUT2D eigenvalue weighted by Gasteiger charge is -2.22. The minimum atomic E-state index is -0.574. The Hall–Kier alpha value is -1.75. The zero-order chi connectivity index (χ0) is 14.3. The molecule has 0 aliphatic carbocycles. The molecule has 0 fully saturated rings. The number of phenols is 2. The molecule has 0 bridgehead atoms. The Morgan fingerprint density at radius 2 is 1.89 bits per heavy atom. The van der Waals surface area contributed by atoms with Crippen LogP contribution >= 0.6 is 0 Å². The van der Waals surface area contributed by atoms with Gasteiger partial charge in [0.2, 0.25) is 0 Å². The maximum absolute atomic E-state index is 11.7. The minimum absolute atomic E-state index is 0.230. The van der Waals surface area contributed by atoms with Gasteiger partial charge in [-0.25, -0.2) is 0 Å². The molecule has 0 aliphatic heterocycles. The van der Waals surface area contributed by atoms with Crippen LogP contribution in [0.15, 0.2) is 18.2 Å². The fraction of sp³-hybridized carbons (Fsp3) is 0.500. The molecular weight excluding hydrogens is 246 g/mol. The van der Waals surface area contributed by atoms with Gasteiger partial charge in [0, 0.05) is 18.3 Å². The summed E-state index contributed by atoms with van der Waals surface area (Å²) in [6.45, 7) is 2.02. The predicted molar refractivity (Wildman–Crippen MR) is 73.4 cm³/mol. The molecule has 0 unspecified atom stereocenters. The van der Waals surface area contributed by atoms with Crippen molar-refractivity contribution in [3.63, 3.8) is 0 Å².